The maximum Gasteiger partial charge on any atom is 0.288 e. The van der Waals surface area contributed by atoms with Gasteiger partial charge in [-0.3, -0.25) is 24.4 Å². The van der Waals surface area contributed by atoms with Crippen molar-refractivity contribution in [1.82, 2.24) is 15.7 Å². The van der Waals surface area contributed by atoms with Gasteiger partial charge in [-0.25, -0.2) is 5.06 Å². The van der Waals surface area contributed by atoms with E-state index in [1.807, 2.05) is 13.8 Å². The molecule has 3 amide bonds. The Morgan fingerprint density at radius 2 is 1.88 bits per heavy atom. The monoisotopic (exact) mass is 471 g/mol. The van der Waals surface area contributed by atoms with E-state index in [0.717, 1.165) is 36.7 Å². The average Bonchev–Trinajstić information content (AvgIpc) is 3.33. The van der Waals surface area contributed by atoms with Crippen LogP contribution in [0.4, 0.5) is 0 Å². The summed E-state index contributed by atoms with van der Waals surface area (Å²) in [6.07, 6.45) is 4.70. The second-order valence-electron chi connectivity index (χ2n) is 8.14. The van der Waals surface area contributed by atoms with Gasteiger partial charge in [-0.05, 0) is 43.5 Å². The highest BCUT2D eigenvalue weighted by atomic mass is 16.5. The molecule has 0 aliphatic heterocycles. The zero-order valence-corrected chi connectivity index (χ0v) is 19.9. The third-order valence-electron chi connectivity index (χ3n) is 5.81. The summed E-state index contributed by atoms with van der Waals surface area (Å²) >= 11 is 0. The van der Waals surface area contributed by atoms with Gasteiger partial charge in [0.2, 0.25) is 12.3 Å². The SMILES string of the molecule is CCCCCC(C(=O)NCNC(=O)c1ccc(-c2ccc(C=O)c(C)c2)o1)C(CC)N(O)C=O. The number of hydrogen-bond donors (Lipinski definition) is 3. The van der Waals surface area contributed by atoms with Crippen LogP contribution in [0.25, 0.3) is 11.3 Å². The first-order chi connectivity index (χ1) is 16.4. The number of nitrogens with zero attached hydrogens (tertiary/aromatic N) is 1. The van der Waals surface area contributed by atoms with Crippen LogP contribution in [-0.4, -0.2) is 47.5 Å². The molecule has 0 saturated carbocycles. The minimum atomic E-state index is -0.647. The van der Waals surface area contributed by atoms with Gasteiger partial charge in [0.1, 0.15) is 12.0 Å². The van der Waals surface area contributed by atoms with Crippen molar-refractivity contribution in [3.63, 3.8) is 0 Å². The van der Waals surface area contributed by atoms with Gasteiger partial charge >= 0.3 is 0 Å². The zero-order valence-electron chi connectivity index (χ0n) is 19.9. The van der Waals surface area contributed by atoms with Gasteiger partial charge < -0.3 is 15.1 Å². The molecule has 34 heavy (non-hydrogen) atoms. The van der Waals surface area contributed by atoms with E-state index in [-0.39, 0.29) is 18.3 Å². The second kappa shape index (κ2) is 13.3. The van der Waals surface area contributed by atoms with Crippen LogP contribution in [0.2, 0.25) is 0 Å². The smallest absolute Gasteiger partial charge is 0.288 e. The number of nitrogens with one attached hydrogen (secondary N) is 2. The molecule has 0 spiro atoms. The number of aldehydes is 1. The van der Waals surface area contributed by atoms with Gasteiger partial charge in [-0.1, -0.05) is 45.2 Å². The van der Waals surface area contributed by atoms with Gasteiger partial charge in [0, 0.05) is 11.1 Å². The Labute approximate surface area is 199 Å². The molecule has 1 aromatic carbocycles. The Morgan fingerprint density at radius 1 is 1.12 bits per heavy atom. The molecule has 1 aromatic heterocycles. The fourth-order valence-corrected chi connectivity index (χ4v) is 3.85. The molecule has 3 N–H and O–H groups in total. The maximum atomic E-state index is 12.8. The molecule has 2 unspecified atom stereocenters. The molecule has 0 radical (unpaired) electrons. The van der Waals surface area contributed by atoms with Crippen LogP contribution in [-0.2, 0) is 9.59 Å². The third kappa shape index (κ3) is 7.02. The number of carbonyl (C=O) groups excluding carboxylic acids is 4. The van der Waals surface area contributed by atoms with Crippen LogP contribution in [0.5, 0.6) is 0 Å². The van der Waals surface area contributed by atoms with E-state index in [4.69, 9.17) is 4.42 Å². The summed E-state index contributed by atoms with van der Waals surface area (Å²) in [5.74, 6) is -0.895. The van der Waals surface area contributed by atoms with Crippen molar-refractivity contribution in [3.05, 3.63) is 47.2 Å². The number of unbranched alkanes of at least 4 members (excludes halogenated alkanes) is 2. The predicted molar refractivity (Wildman–Crippen MR) is 126 cm³/mol. The molecule has 184 valence electrons. The predicted octanol–water partition coefficient (Wildman–Crippen LogP) is 3.69. The Balaban J connectivity index is 1.98. The number of amides is 3. The fraction of sp³-hybridized carbons (Fsp3) is 0.440. The topological polar surface area (TPSA) is 129 Å². The van der Waals surface area contributed by atoms with Crippen molar-refractivity contribution in [2.45, 2.75) is 58.9 Å². The molecule has 9 nitrogen and oxygen atoms in total. The first-order valence-corrected chi connectivity index (χ1v) is 11.5. The number of rotatable bonds is 14. The van der Waals surface area contributed by atoms with Gasteiger partial charge in [-0.15, -0.1) is 0 Å². The molecule has 0 aliphatic rings. The van der Waals surface area contributed by atoms with Crippen LogP contribution < -0.4 is 10.6 Å². The summed E-state index contributed by atoms with van der Waals surface area (Å²) in [6.45, 7) is 5.53. The fourth-order valence-electron chi connectivity index (χ4n) is 3.85. The van der Waals surface area contributed by atoms with E-state index in [0.29, 0.717) is 35.6 Å². The van der Waals surface area contributed by atoms with Gasteiger partial charge in [0.15, 0.2) is 5.76 Å². The number of hydrogen-bond acceptors (Lipinski definition) is 6. The quantitative estimate of drug-likeness (QED) is 0.127. The summed E-state index contributed by atoms with van der Waals surface area (Å²) in [4.78, 5) is 47.3. The van der Waals surface area contributed by atoms with Crippen molar-refractivity contribution in [1.29, 1.82) is 0 Å². The van der Waals surface area contributed by atoms with E-state index in [1.165, 1.54) is 6.07 Å². The van der Waals surface area contributed by atoms with Crippen molar-refractivity contribution >= 4 is 24.5 Å². The molecule has 0 saturated heterocycles. The molecule has 2 atom stereocenters. The largest absolute Gasteiger partial charge is 0.451 e. The Hall–Kier alpha value is -3.46. The number of carbonyl (C=O) groups is 4. The molecule has 0 aliphatic carbocycles. The van der Waals surface area contributed by atoms with E-state index in [1.54, 1.807) is 31.2 Å². The van der Waals surface area contributed by atoms with Crippen molar-refractivity contribution in [3.8, 4) is 11.3 Å². The molecular weight excluding hydrogens is 438 g/mol. The lowest BCUT2D eigenvalue weighted by Crippen LogP contribution is -2.47. The first kappa shape index (κ1) is 26.8. The summed E-state index contributed by atoms with van der Waals surface area (Å²) in [7, 11) is 0. The number of hydroxylamine groups is 2. The zero-order chi connectivity index (χ0) is 25.1. The summed E-state index contributed by atoms with van der Waals surface area (Å²) in [6, 6.07) is 7.78. The van der Waals surface area contributed by atoms with E-state index in [2.05, 4.69) is 10.6 Å². The van der Waals surface area contributed by atoms with Crippen LogP contribution in [0.1, 0.15) is 72.4 Å². The van der Waals surface area contributed by atoms with E-state index >= 15 is 0 Å². The third-order valence-corrected chi connectivity index (χ3v) is 5.81. The van der Waals surface area contributed by atoms with Crippen LogP contribution in [0, 0.1) is 12.8 Å². The lowest BCUT2D eigenvalue weighted by Gasteiger charge is -2.29. The van der Waals surface area contributed by atoms with Crippen LogP contribution in [0.3, 0.4) is 0 Å². The standard InChI is InChI=1S/C25H33N3O6/c1-4-6-7-8-20(21(5-2)28(33)16-30)24(31)26-15-27-25(32)23-12-11-22(34-23)18-9-10-19(14-29)17(3)13-18/h9-14,16,20-21,33H,4-8,15H2,1-3H3,(H,26,31)(H,27,32). The summed E-state index contributed by atoms with van der Waals surface area (Å²) in [5, 5.41) is 15.7. The summed E-state index contributed by atoms with van der Waals surface area (Å²) in [5.41, 5.74) is 2.12. The first-order valence-electron chi connectivity index (χ1n) is 11.5. The number of benzene rings is 1. The minimum absolute atomic E-state index is 0.0785. The molecule has 1 heterocycles. The van der Waals surface area contributed by atoms with Crippen molar-refractivity contribution in [2.24, 2.45) is 5.92 Å². The van der Waals surface area contributed by atoms with Crippen LogP contribution >= 0.6 is 0 Å². The highest BCUT2D eigenvalue weighted by Gasteiger charge is 2.30. The lowest BCUT2D eigenvalue weighted by atomic mass is 9.90. The van der Waals surface area contributed by atoms with Gasteiger partial charge in [0.05, 0.1) is 18.6 Å². The maximum absolute atomic E-state index is 12.8. The molecule has 9 heteroatoms. The van der Waals surface area contributed by atoms with Crippen LogP contribution in [0.15, 0.2) is 34.7 Å². The van der Waals surface area contributed by atoms with E-state index in [9.17, 15) is 24.4 Å². The molecule has 2 aromatic rings. The summed E-state index contributed by atoms with van der Waals surface area (Å²) < 4.78 is 5.64. The lowest BCUT2D eigenvalue weighted by molar-refractivity contribution is -0.168. The van der Waals surface area contributed by atoms with Crippen molar-refractivity contribution in [2.75, 3.05) is 6.67 Å². The Kier molecular flexibility index (Phi) is 10.5. The molecule has 0 fully saturated rings. The van der Waals surface area contributed by atoms with Crippen molar-refractivity contribution < 1.29 is 28.8 Å². The Morgan fingerprint density at radius 3 is 2.50 bits per heavy atom. The highest BCUT2D eigenvalue weighted by molar-refractivity contribution is 5.92. The average molecular weight is 472 g/mol. The normalized spacial score (nSPS) is 12.5. The van der Waals surface area contributed by atoms with Gasteiger partial charge in [-0.2, -0.15) is 0 Å². The molecular formula is C25H33N3O6. The molecule has 0 bridgehead atoms. The van der Waals surface area contributed by atoms with Gasteiger partial charge in [0.25, 0.3) is 5.91 Å². The molecule has 2 rings (SSSR count). The number of aryl methyl sites for hydroxylation is 1. The van der Waals surface area contributed by atoms with E-state index < -0.39 is 17.9 Å². The minimum Gasteiger partial charge on any atom is -0.451 e. The Bertz CT molecular complexity index is 987. The second-order valence-corrected chi connectivity index (χ2v) is 8.14. The number of furan rings is 1. The highest BCUT2D eigenvalue weighted by Crippen LogP contribution is 2.24.